The van der Waals surface area contributed by atoms with E-state index in [2.05, 4.69) is 16.9 Å². The van der Waals surface area contributed by atoms with Crippen molar-refractivity contribution in [1.29, 1.82) is 0 Å². The summed E-state index contributed by atoms with van der Waals surface area (Å²) < 4.78 is 4.78. The monoisotopic (exact) mass is 282 g/mol. The van der Waals surface area contributed by atoms with Crippen molar-refractivity contribution < 1.29 is 9.53 Å². The molecule has 0 radical (unpaired) electrons. The summed E-state index contributed by atoms with van der Waals surface area (Å²) in [6, 6.07) is 7.72. The number of carbonyl (C=O) groups excluding carboxylic acids is 1. The number of rotatable bonds is 9. The zero-order chi connectivity index (χ0) is 13.9. The van der Waals surface area contributed by atoms with Crippen LogP contribution >= 0.6 is 11.8 Å². The molecule has 0 aromatic heterocycles. The third-order valence-corrected chi connectivity index (χ3v) is 3.22. The topological polar surface area (TPSA) is 50.4 Å². The molecule has 0 aliphatic rings. The number of hydrogen-bond donors (Lipinski definition) is 2. The van der Waals surface area contributed by atoms with Gasteiger partial charge in [0.05, 0.1) is 0 Å². The van der Waals surface area contributed by atoms with Crippen LogP contribution in [0.5, 0.6) is 0 Å². The molecule has 5 heteroatoms. The van der Waals surface area contributed by atoms with Crippen LogP contribution in [0.3, 0.4) is 0 Å². The minimum atomic E-state index is -0.139. The van der Waals surface area contributed by atoms with Gasteiger partial charge in [-0.1, -0.05) is 6.07 Å². The van der Waals surface area contributed by atoms with Gasteiger partial charge in [0.2, 0.25) is 5.91 Å². The van der Waals surface area contributed by atoms with Crippen LogP contribution in [0, 0.1) is 0 Å². The summed E-state index contributed by atoms with van der Waals surface area (Å²) in [6.07, 6.45) is 4.50. The molecule has 0 saturated carbocycles. The maximum Gasteiger partial charge on any atom is 0.250 e. The van der Waals surface area contributed by atoms with E-state index in [4.69, 9.17) is 4.74 Å². The summed E-state index contributed by atoms with van der Waals surface area (Å²) >= 11 is 1.87. The molecule has 0 saturated heterocycles. The lowest BCUT2D eigenvalue weighted by atomic mass is 10.2. The Balaban J connectivity index is 2.37. The van der Waals surface area contributed by atoms with Gasteiger partial charge in [-0.25, -0.2) is 0 Å². The summed E-state index contributed by atoms with van der Waals surface area (Å²) in [5, 5.41) is 6.14. The highest BCUT2D eigenvalue weighted by Crippen LogP contribution is 2.15. The number of benzene rings is 1. The first-order valence-electron chi connectivity index (χ1n) is 6.38. The van der Waals surface area contributed by atoms with Crippen LogP contribution in [-0.2, 0) is 9.53 Å². The quantitative estimate of drug-likeness (QED) is 0.684. The van der Waals surface area contributed by atoms with E-state index in [1.54, 1.807) is 0 Å². The van der Waals surface area contributed by atoms with Gasteiger partial charge in [-0.3, -0.25) is 4.79 Å². The molecule has 0 bridgehead atoms. The van der Waals surface area contributed by atoms with Crippen molar-refractivity contribution in [2.75, 3.05) is 42.9 Å². The van der Waals surface area contributed by atoms with Crippen molar-refractivity contribution in [3.05, 3.63) is 24.3 Å². The standard InChI is InChI=1S/C14H22N2O2S/c1-18-11-14(17)16-13-7-5-6-12(10-13)15-8-3-4-9-19-2/h5-7,10,15H,3-4,8-9,11H2,1-2H3,(H,16,17). The highest BCUT2D eigenvalue weighted by atomic mass is 32.2. The number of ether oxygens (including phenoxy) is 1. The molecule has 0 aliphatic heterocycles. The van der Waals surface area contributed by atoms with Crippen molar-refractivity contribution in [3.8, 4) is 0 Å². The number of unbranched alkanes of at least 4 members (excludes halogenated alkanes) is 1. The molecular formula is C14H22N2O2S. The number of hydrogen-bond acceptors (Lipinski definition) is 4. The van der Waals surface area contributed by atoms with Crippen LogP contribution in [-0.4, -0.2) is 38.2 Å². The Morgan fingerprint density at radius 1 is 1.32 bits per heavy atom. The van der Waals surface area contributed by atoms with Gasteiger partial charge >= 0.3 is 0 Å². The van der Waals surface area contributed by atoms with E-state index in [1.807, 2.05) is 36.0 Å². The fourth-order valence-corrected chi connectivity index (χ4v) is 2.13. The first-order valence-corrected chi connectivity index (χ1v) is 7.77. The number of amides is 1. The molecule has 4 nitrogen and oxygen atoms in total. The number of carbonyl (C=O) groups is 1. The average Bonchev–Trinajstić information content (AvgIpc) is 2.39. The van der Waals surface area contributed by atoms with Crippen LogP contribution in [0.15, 0.2) is 24.3 Å². The first kappa shape index (κ1) is 15.9. The maximum atomic E-state index is 11.4. The van der Waals surface area contributed by atoms with Gasteiger partial charge in [0.1, 0.15) is 6.61 Å². The Morgan fingerprint density at radius 3 is 2.84 bits per heavy atom. The van der Waals surface area contributed by atoms with Crippen molar-refractivity contribution in [1.82, 2.24) is 0 Å². The molecule has 0 aliphatic carbocycles. The van der Waals surface area contributed by atoms with Crippen molar-refractivity contribution >= 4 is 29.0 Å². The Hall–Kier alpha value is -1.20. The minimum absolute atomic E-state index is 0.0757. The van der Waals surface area contributed by atoms with Crippen LogP contribution in [0.2, 0.25) is 0 Å². The summed E-state index contributed by atoms with van der Waals surface area (Å²) in [6.45, 7) is 1.03. The van der Waals surface area contributed by atoms with E-state index in [9.17, 15) is 4.79 Å². The third kappa shape index (κ3) is 7.08. The van der Waals surface area contributed by atoms with Crippen LogP contribution in [0.1, 0.15) is 12.8 Å². The number of nitrogens with one attached hydrogen (secondary N) is 2. The lowest BCUT2D eigenvalue weighted by Gasteiger charge is -2.09. The molecular weight excluding hydrogens is 260 g/mol. The van der Waals surface area contributed by atoms with Gasteiger partial charge in [-0.2, -0.15) is 11.8 Å². The molecule has 0 spiro atoms. The Bertz CT molecular complexity index is 385. The van der Waals surface area contributed by atoms with E-state index >= 15 is 0 Å². The molecule has 1 amide bonds. The average molecular weight is 282 g/mol. The summed E-state index contributed by atoms with van der Waals surface area (Å²) in [4.78, 5) is 11.4. The van der Waals surface area contributed by atoms with E-state index in [0.717, 1.165) is 24.3 Å². The molecule has 0 unspecified atom stereocenters. The van der Waals surface area contributed by atoms with Gasteiger partial charge in [0.25, 0.3) is 0 Å². The predicted molar refractivity (Wildman–Crippen MR) is 83.1 cm³/mol. The zero-order valence-electron chi connectivity index (χ0n) is 11.6. The summed E-state index contributed by atoms with van der Waals surface area (Å²) in [7, 11) is 1.51. The summed E-state index contributed by atoms with van der Waals surface area (Å²) in [5.74, 6) is 1.06. The fourth-order valence-electron chi connectivity index (χ4n) is 1.64. The molecule has 106 valence electrons. The second kappa shape index (κ2) is 9.69. The van der Waals surface area contributed by atoms with Gasteiger partial charge in [0.15, 0.2) is 0 Å². The normalized spacial score (nSPS) is 10.2. The number of methoxy groups -OCH3 is 1. The van der Waals surface area contributed by atoms with E-state index < -0.39 is 0 Å². The van der Waals surface area contributed by atoms with Crippen molar-refractivity contribution in [2.24, 2.45) is 0 Å². The van der Waals surface area contributed by atoms with Gasteiger partial charge < -0.3 is 15.4 Å². The van der Waals surface area contributed by atoms with Gasteiger partial charge in [0, 0.05) is 25.0 Å². The van der Waals surface area contributed by atoms with Gasteiger partial charge in [-0.05, 0) is 43.0 Å². The lowest BCUT2D eigenvalue weighted by molar-refractivity contribution is -0.119. The van der Waals surface area contributed by atoms with Crippen LogP contribution < -0.4 is 10.6 Å². The molecule has 2 N–H and O–H groups in total. The highest BCUT2D eigenvalue weighted by molar-refractivity contribution is 7.98. The van der Waals surface area contributed by atoms with Crippen LogP contribution in [0.4, 0.5) is 11.4 Å². The molecule has 0 fully saturated rings. The molecule has 19 heavy (non-hydrogen) atoms. The van der Waals surface area contributed by atoms with E-state index in [1.165, 1.54) is 19.3 Å². The van der Waals surface area contributed by atoms with E-state index in [0.29, 0.717) is 0 Å². The van der Waals surface area contributed by atoms with Crippen LogP contribution in [0.25, 0.3) is 0 Å². The Morgan fingerprint density at radius 2 is 2.11 bits per heavy atom. The number of anilines is 2. The molecule has 1 aromatic rings. The molecule has 1 rings (SSSR count). The fraction of sp³-hybridized carbons (Fsp3) is 0.500. The molecule has 0 atom stereocenters. The van der Waals surface area contributed by atoms with Crippen molar-refractivity contribution in [2.45, 2.75) is 12.8 Å². The first-order chi connectivity index (χ1) is 9.26. The van der Waals surface area contributed by atoms with Crippen molar-refractivity contribution in [3.63, 3.8) is 0 Å². The second-order valence-electron chi connectivity index (χ2n) is 4.19. The smallest absolute Gasteiger partial charge is 0.250 e. The Labute approximate surface area is 119 Å². The number of thioether (sulfide) groups is 1. The van der Waals surface area contributed by atoms with E-state index in [-0.39, 0.29) is 12.5 Å². The SMILES string of the molecule is COCC(=O)Nc1cccc(NCCCCSC)c1. The molecule has 1 aromatic carbocycles. The second-order valence-corrected chi connectivity index (χ2v) is 5.17. The third-order valence-electron chi connectivity index (χ3n) is 2.53. The van der Waals surface area contributed by atoms with Gasteiger partial charge in [-0.15, -0.1) is 0 Å². The lowest BCUT2D eigenvalue weighted by Crippen LogP contribution is -2.17. The minimum Gasteiger partial charge on any atom is -0.385 e. The molecule has 0 heterocycles. The predicted octanol–water partition coefficient (Wildman–Crippen LogP) is 2.83. The highest BCUT2D eigenvalue weighted by Gasteiger charge is 2.01. The Kier molecular flexibility index (Phi) is 8.09. The summed E-state index contributed by atoms with van der Waals surface area (Å²) in [5.41, 5.74) is 1.82. The zero-order valence-corrected chi connectivity index (χ0v) is 12.4. The largest absolute Gasteiger partial charge is 0.385 e. The maximum absolute atomic E-state index is 11.4.